The molecule has 0 saturated heterocycles. The van der Waals surface area contributed by atoms with E-state index in [9.17, 15) is 9.59 Å². The number of benzene rings is 2. The number of hydrogen-bond donors (Lipinski definition) is 1. The SMILES string of the molecule is CCCCOC(=O)c1ccccc1NC(=O)N1CCc2cc(OC)c(OC)cc2C1. The number of fused-ring (bicyclic) bond motifs is 1. The van der Waals surface area contributed by atoms with E-state index < -0.39 is 5.97 Å². The predicted molar refractivity (Wildman–Crippen MR) is 114 cm³/mol. The van der Waals surface area contributed by atoms with E-state index in [4.69, 9.17) is 14.2 Å². The minimum atomic E-state index is -0.430. The molecule has 0 aromatic heterocycles. The van der Waals surface area contributed by atoms with Gasteiger partial charge in [-0.25, -0.2) is 9.59 Å². The lowest BCUT2D eigenvalue weighted by atomic mass is 9.99. The van der Waals surface area contributed by atoms with E-state index >= 15 is 0 Å². The van der Waals surface area contributed by atoms with Crippen LogP contribution in [0.5, 0.6) is 11.5 Å². The number of nitrogens with one attached hydrogen (secondary N) is 1. The van der Waals surface area contributed by atoms with E-state index in [1.165, 1.54) is 0 Å². The van der Waals surface area contributed by atoms with Crippen molar-refractivity contribution in [3.05, 3.63) is 53.1 Å². The molecule has 160 valence electrons. The van der Waals surface area contributed by atoms with E-state index in [1.807, 2.05) is 19.1 Å². The number of carbonyl (C=O) groups is 2. The zero-order valence-corrected chi connectivity index (χ0v) is 17.7. The zero-order valence-electron chi connectivity index (χ0n) is 17.7. The van der Waals surface area contributed by atoms with Crippen LogP contribution in [0.4, 0.5) is 10.5 Å². The Hall–Kier alpha value is -3.22. The molecule has 30 heavy (non-hydrogen) atoms. The Bertz CT molecular complexity index is 912. The van der Waals surface area contributed by atoms with Crippen LogP contribution in [0.25, 0.3) is 0 Å². The Kier molecular flexibility index (Phi) is 7.17. The highest BCUT2D eigenvalue weighted by Crippen LogP contribution is 2.33. The number of unbranched alkanes of at least 4 members (excludes halogenated alkanes) is 1. The molecule has 0 spiro atoms. The molecular formula is C23H28N2O5. The molecule has 1 aliphatic rings. The van der Waals surface area contributed by atoms with Gasteiger partial charge in [0.15, 0.2) is 11.5 Å². The van der Waals surface area contributed by atoms with Crippen LogP contribution >= 0.6 is 0 Å². The average Bonchev–Trinajstić information content (AvgIpc) is 2.78. The molecule has 3 rings (SSSR count). The molecule has 7 nitrogen and oxygen atoms in total. The minimum Gasteiger partial charge on any atom is -0.493 e. The second kappa shape index (κ2) is 10.0. The highest BCUT2D eigenvalue weighted by Gasteiger charge is 2.24. The van der Waals surface area contributed by atoms with Gasteiger partial charge in [-0.15, -0.1) is 0 Å². The van der Waals surface area contributed by atoms with E-state index in [-0.39, 0.29) is 6.03 Å². The molecule has 0 atom stereocenters. The van der Waals surface area contributed by atoms with Crippen molar-refractivity contribution in [2.45, 2.75) is 32.7 Å². The fourth-order valence-corrected chi connectivity index (χ4v) is 3.41. The summed E-state index contributed by atoms with van der Waals surface area (Å²) in [4.78, 5) is 27.0. The van der Waals surface area contributed by atoms with Gasteiger partial charge in [0.25, 0.3) is 0 Å². The zero-order chi connectivity index (χ0) is 21.5. The molecule has 2 aromatic rings. The molecule has 1 N–H and O–H groups in total. The molecule has 0 radical (unpaired) electrons. The number of rotatable bonds is 7. The molecule has 0 unspecified atom stereocenters. The molecule has 2 aromatic carbocycles. The first-order chi connectivity index (χ1) is 14.6. The average molecular weight is 412 g/mol. The van der Waals surface area contributed by atoms with Crippen molar-refractivity contribution < 1.29 is 23.8 Å². The number of carbonyl (C=O) groups excluding carboxylic acids is 2. The summed E-state index contributed by atoms with van der Waals surface area (Å²) in [7, 11) is 3.20. The van der Waals surface area contributed by atoms with Crippen LogP contribution in [0.1, 0.15) is 41.3 Å². The van der Waals surface area contributed by atoms with Crippen molar-refractivity contribution in [1.82, 2.24) is 4.90 Å². The van der Waals surface area contributed by atoms with Gasteiger partial charge in [0.05, 0.1) is 32.1 Å². The molecule has 1 heterocycles. The monoisotopic (exact) mass is 412 g/mol. The Morgan fingerprint density at radius 1 is 1.07 bits per heavy atom. The number of esters is 1. The number of para-hydroxylation sites is 1. The van der Waals surface area contributed by atoms with E-state index in [0.717, 1.165) is 24.0 Å². The molecular weight excluding hydrogens is 384 g/mol. The van der Waals surface area contributed by atoms with Gasteiger partial charge in [0.2, 0.25) is 0 Å². The van der Waals surface area contributed by atoms with Gasteiger partial charge in [-0.2, -0.15) is 0 Å². The van der Waals surface area contributed by atoms with Crippen molar-refractivity contribution in [1.29, 1.82) is 0 Å². The van der Waals surface area contributed by atoms with Gasteiger partial charge < -0.3 is 24.4 Å². The molecule has 1 aliphatic heterocycles. The van der Waals surface area contributed by atoms with Crippen molar-refractivity contribution >= 4 is 17.7 Å². The Morgan fingerprint density at radius 3 is 2.47 bits per heavy atom. The fraction of sp³-hybridized carbons (Fsp3) is 0.391. The topological polar surface area (TPSA) is 77.1 Å². The van der Waals surface area contributed by atoms with Gasteiger partial charge in [-0.05, 0) is 48.2 Å². The van der Waals surface area contributed by atoms with Gasteiger partial charge in [-0.3, -0.25) is 0 Å². The smallest absolute Gasteiger partial charge is 0.340 e. The van der Waals surface area contributed by atoms with Gasteiger partial charge in [-0.1, -0.05) is 25.5 Å². The lowest BCUT2D eigenvalue weighted by Gasteiger charge is -2.30. The molecule has 7 heteroatoms. The lowest BCUT2D eigenvalue weighted by molar-refractivity contribution is 0.0501. The lowest BCUT2D eigenvalue weighted by Crippen LogP contribution is -2.39. The summed E-state index contributed by atoms with van der Waals surface area (Å²) in [6, 6.07) is 10.5. The van der Waals surface area contributed by atoms with Crippen molar-refractivity contribution in [2.24, 2.45) is 0 Å². The number of methoxy groups -OCH3 is 2. The summed E-state index contributed by atoms with van der Waals surface area (Å²) in [5.41, 5.74) is 2.95. The standard InChI is InChI=1S/C23H28N2O5/c1-4-5-12-30-22(26)18-8-6-7-9-19(18)24-23(27)25-11-10-16-13-20(28-2)21(29-3)14-17(16)15-25/h6-9,13-14H,4-5,10-12,15H2,1-3H3,(H,24,27). The van der Waals surface area contributed by atoms with Gasteiger partial charge >= 0.3 is 12.0 Å². The number of anilines is 1. The fourth-order valence-electron chi connectivity index (χ4n) is 3.41. The Morgan fingerprint density at radius 2 is 1.77 bits per heavy atom. The number of hydrogen-bond acceptors (Lipinski definition) is 5. The van der Waals surface area contributed by atoms with Crippen LogP contribution in [0, 0.1) is 0 Å². The van der Waals surface area contributed by atoms with E-state index in [2.05, 4.69) is 5.32 Å². The number of nitrogens with zero attached hydrogens (tertiary/aromatic N) is 1. The summed E-state index contributed by atoms with van der Waals surface area (Å²) in [6.45, 7) is 3.42. The summed E-state index contributed by atoms with van der Waals surface area (Å²) in [5, 5.41) is 2.86. The second-order valence-corrected chi connectivity index (χ2v) is 7.11. The van der Waals surface area contributed by atoms with Crippen LogP contribution in [-0.2, 0) is 17.7 Å². The first kappa shape index (κ1) is 21.5. The van der Waals surface area contributed by atoms with Gasteiger partial charge in [0, 0.05) is 13.1 Å². The third-order valence-electron chi connectivity index (χ3n) is 5.12. The maximum Gasteiger partial charge on any atom is 0.340 e. The summed E-state index contributed by atoms with van der Waals surface area (Å²) < 4.78 is 16.0. The first-order valence-electron chi connectivity index (χ1n) is 10.1. The maximum atomic E-state index is 12.9. The Labute approximate surface area is 176 Å². The summed E-state index contributed by atoms with van der Waals surface area (Å²) in [5.74, 6) is 0.892. The van der Waals surface area contributed by atoms with E-state index in [0.29, 0.717) is 48.9 Å². The van der Waals surface area contributed by atoms with Crippen LogP contribution in [0.2, 0.25) is 0 Å². The van der Waals surface area contributed by atoms with Crippen molar-refractivity contribution in [3.63, 3.8) is 0 Å². The van der Waals surface area contributed by atoms with Crippen LogP contribution in [-0.4, -0.2) is 44.3 Å². The van der Waals surface area contributed by atoms with E-state index in [1.54, 1.807) is 43.4 Å². The first-order valence-corrected chi connectivity index (χ1v) is 10.1. The van der Waals surface area contributed by atoms with Crippen LogP contribution in [0.15, 0.2) is 36.4 Å². The molecule has 0 saturated carbocycles. The normalized spacial score (nSPS) is 12.7. The van der Waals surface area contributed by atoms with Crippen LogP contribution in [0.3, 0.4) is 0 Å². The number of amides is 2. The minimum absolute atomic E-state index is 0.260. The largest absolute Gasteiger partial charge is 0.493 e. The third-order valence-corrected chi connectivity index (χ3v) is 5.12. The van der Waals surface area contributed by atoms with Crippen LogP contribution < -0.4 is 14.8 Å². The highest BCUT2D eigenvalue weighted by atomic mass is 16.5. The number of ether oxygens (including phenoxy) is 3. The molecule has 0 fully saturated rings. The molecule has 0 aliphatic carbocycles. The number of urea groups is 1. The molecule has 2 amide bonds. The third kappa shape index (κ3) is 4.84. The molecule has 0 bridgehead atoms. The second-order valence-electron chi connectivity index (χ2n) is 7.11. The van der Waals surface area contributed by atoms with Crippen molar-refractivity contribution in [2.75, 3.05) is 32.7 Å². The summed E-state index contributed by atoms with van der Waals surface area (Å²) in [6.07, 6.45) is 2.46. The van der Waals surface area contributed by atoms with Gasteiger partial charge in [0.1, 0.15) is 0 Å². The Balaban J connectivity index is 1.71. The predicted octanol–water partition coefficient (Wildman–Crippen LogP) is 4.25. The van der Waals surface area contributed by atoms with Crippen molar-refractivity contribution in [3.8, 4) is 11.5 Å². The maximum absolute atomic E-state index is 12.9. The summed E-state index contributed by atoms with van der Waals surface area (Å²) >= 11 is 0. The highest BCUT2D eigenvalue weighted by molar-refractivity contribution is 6.00. The quantitative estimate of drug-likeness (QED) is 0.543.